The van der Waals surface area contributed by atoms with E-state index in [0.717, 1.165) is 5.75 Å². The molecule has 0 bridgehead atoms. The van der Waals surface area contributed by atoms with Gasteiger partial charge in [-0.3, -0.25) is 0 Å². The lowest BCUT2D eigenvalue weighted by Crippen LogP contribution is -2.34. The van der Waals surface area contributed by atoms with Gasteiger partial charge in [0, 0.05) is 17.9 Å². The fraction of sp³-hybridized carbons (Fsp3) is 0.533. The Morgan fingerprint density at radius 3 is 1.42 bits per heavy atom. The third kappa shape index (κ3) is 7.77. The molecule has 0 unspecified atom stereocenters. The molecule has 0 amide bonds. The minimum absolute atomic E-state index is 0. The Morgan fingerprint density at radius 1 is 0.583 bits per heavy atom. The first-order chi connectivity index (χ1) is 16.1. The van der Waals surface area contributed by atoms with Gasteiger partial charge in [-0.15, -0.1) is 0 Å². The summed E-state index contributed by atoms with van der Waals surface area (Å²) in [5.41, 5.74) is 6.44. The highest BCUT2D eigenvalue weighted by molar-refractivity contribution is 6.64. The zero-order chi connectivity index (χ0) is 24.9. The summed E-state index contributed by atoms with van der Waals surface area (Å²) in [5, 5.41) is 4.85. The van der Waals surface area contributed by atoms with E-state index in [-0.39, 0.29) is 14.9 Å². The van der Waals surface area contributed by atoms with E-state index in [1.54, 1.807) is 7.11 Å². The molecule has 0 fully saturated rings. The molecule has 0 aliphatic rings. The van der Waals surface area contributed by atoms with Crippen LogP contribution in [0.5, 0.6) is 5.75 Å². The first-order valence-electron chi connectivity index (χ1n) is 12.1. The van der Waals surface area contributed by atoms with E-state index in [2.05, 4.69) is 58.9 Å². The molecule has 0 spiro atoms. The minimum Gasteiger partial charge on any atom is -0.490 e. The monoisotopic (exact) mass is 516 g/mol. The quantitative estimate of drug-likeness (QED) is 0.141. The molecule has 0 heterocycles. The van der Waals surface area contributed by atoms with Crippen LogP contribution in [0.25, 0.3) is 21.5 Å². The van der Waals surface area contributed by atoms with Crippen molar-refractivity contribution in [1.29, 1.82) is 0 Å². The predicted octanol–water partition coefficient (Wildman–Crippen LogP) is 7.58. The molecule has 0 aliphatic carbocycles. The summed E-state index contributed by atoms with van der Waals surface area (Å²) < 4.78 is 28.8. The molecule has 0 aliphatic heterocycles. The average Bonchev–Trinajstić information content (AvgIpc) is 2.79. The lowest BCUT2D eigenvalue weighted by Gasteiger charge is -2.20. The van der Waals surface area contributed by atoms with Crippen molar-refractivity contribution in [3.05, 3.63) is 52.1 Å². The van der Waals surface area contributed by atoms with E-state index in [4.69, 9.17) is 23.1 Å². The molecule has 5 nitrogen and oxygen atoms in total. The van der Waals surface area contributed by atoms with Gasteiger partial charge in [-0.25, -0.2) is 0 Å². The largest absolute Gasteiger partial charge is 0.490 e. The Hall–Kier alpha value is -1.96. The molecule has 0 radical (unpaired) electrons. The highest BCUT2D eigenvalue weighted by Gasteiger charge is 2.21. The summed E-state index contributed by atoms with van der Waals surface area (Å²) >= 11 is 0. The second-order valence-electron chi connectivity index (χ2n) is 9.44. The zero-order valence-electron chi connectivity index (χ0n) is 22.1. The highest BCUT2D eigenvalue weighted by Crippen LogP contribution is 2.40. The van der Waals surface area contributed by atoms with Crippen molar-refractivity contribution in [2.24, 2.45) is 0 Å². The van der Waals surface area contributed by atoms with Gasteiger partial charge in [-0.1, -0.05) is 27.0 Å². The van der Waals surface area contributed by atoms with Crippen LogP contribution in [-0.4, -0.2) is 55.3 Å². The maximum Gasteiger partial charge on any atom is 0.331 e. The predicted molar refractivity (Wildman–Crippen MR) is 156 cm³/mol. The maximum absolute atomic E-state index is 6.38. The Morgan fingerprint density at radius 2 is 0.972 bits per heavy atom. The zero-order valence-corrected chi connectivity index (χ0v) is 23.1. The van der Waals surface area contributed by atoms with Gasteiger partial charge in [0.1, 0.15) is 12.4 Å². The lowest BCUT2D eigenvalue weighted by atomic mass is 9.91. The number of benzene rings is 3. The van der Waals surface area contributed by atoms with Crippen molar-refractivity contribution >= 4 is 30.1 Å². The maximum atomic E-state index is 6.38. The fourth-order valence-corrected chi connectivity index (χ4v) is 4.70. The van der Waals surface area contributed by atoms with Crippen molar-refractivity contribution < 1.29 is 23.1 Å². The Labute approximate surface area is 220 Å². The van der Waals surface area contributed by atoms with Gasteiger partial charge in [0.05, 0.1) is 33.0 Å². The molecule has 0 atom stereocenters. The van der Waals surface area contributed by atoms with E-state index < -0.39 is 8.56 Å². The van der Waals surface area contributed by atoms with Crippen LogP contribution in [0, 0.1) is 34.6 Å². The van der Waals surface area contributed by atoms with Crippen LogP contribution in [0.2, 0.25) is 13.1 Å². The topological polar surface area (TPSA) is 46.2 Å². The van der Waals surface area contributed by atoms with Crippen molar-refractivity contribution in [3.8, 4) is 5.75 Å². The molecule has 6 heteroatoms. The van der Waals surface area contributed by atoms with Crippen LogP contribution in [-0.2, 0) is 18.3 Å². The molecule has 0 saturated heterocycles. The van der Waals surface area contributed by atoms with Gasteiger partial charge in [-0.2, -0.15) is 0 Å². The third-order valence-electron chi connectivity index (χ3n) is 6.58. The van der Waals surface area contributed by atoms with Crippen LogP contribution < -0.4 is 4.74 Å². The van der Waals surface area contributed by atoms with E-state index in [0.29, 0.717) is 39.6 Å². The second-order valence-corrected chi connectivity index (χ2v) is 12.9. The number of fused-ring (bicyclic) bond motifs is 2. The van der Waals surface area contributed by atoms with Gasteiger partial charge in [0.2, 0.25) is 0 Å². The van der Waals surface area contributed by atoms with Gasteiger partial charge in [-0.05, 0) is 98.4 Å². The van der Waals surface area contributed by atoms with E-state index in [1.165, 1.54) is 49.4 Å². The molecule has 36 heavy (non-hydrogen) atoms. The molecule has 3 aromatic rings. The molecular formula is C30H48O5Si. The molecule has 3 aromatic carbocycles. The number of hydrogen-bond donors (Lipinski definition) is 0. The Balaban J connectivity index is 0.00000324. The van der Waals surface area contributed by atoms with Crippen LogP contribution in [0.15, 0.2) is 24.3 Å². The van der Waals surface area contributed by atoms with Crippen LogP contribution >= 0.6 is 0 Å². The number of hydrogen-bond acceptors (Lipinski definition) is 5. The summed E-state index contributed by atoms with van der Waals surface area (Å²) in [4.78, 5) is 0. The standard InChI is InChI=1S/C28H40O5Si.2CH4/c1-19-15-24-23(5)25-16-20(2)22(4)18-27(25)28(26(24)17-21(19)3)32-13-11-30-9-10-31-12-14-33-34(7,8)29-6;;/h15-18H,9-14H2,1-8H3;2*1H4. The summed E-state index contributed by atoms with van der Waals surface area (Å²) in [7, 11) is -0.290. The number of aryl methyl sites for hydroxylation is 5. The smallest absolute Gasteiger partial charge is 0.331 e. The first kappa shape index (κ1) is 32.1. The van der Waals surface area contributed by atoms with Crippen molar-refractivity contribution in [1.82, 2.24) is 0 Å². The van der Waals surface area contributed by atoms with Crippen molar-refractivity contribution in [3.63, 3.8) is 0 Å². The number of rotatable bonds is 12. The highest BCUT2D eigenvalue weighted by atomic mass is 28.4. The fourth-order valence-electron chi connectivity index (χ4n) is 4.00. The summed E-state index contributed by atoms with van der Waals surface area (Å²) in [6, 6.07) is 9.09. The molecule has 3 rings (SSSR count). The van der Waals surface area contributed by atoms with Crippen molar-refractivity contribution in [2.75, 3.05) is 46.8 Å². The van der Waals surface area contributed by atoms with Crippen molar-refractivity contribution in [2.45, 2.75) is 62.6 Å². The molecular weight excluding hydrogens is 468 g/mol. The minimum atomic E-state index is -1.98. The molecule has 0 saturated carbocycles. The second kappa shape index (κ2) is 14.1. The van der Waals surface area contributed by atoms with Crippen LogP contribution in [0.4, 0.5) is 0 Å². The van der Waals surface area contributed by atoms with Crippen LogP contribution in [0.3, 0.4) is 0 Å². The summed E-state index contributed by atoms with van der Waals surface area (Å²) in [5.74, 6) is 0.948. The first-order valence-corrected chi connectivity index (χ1v) is 14.9. The van der Waals surface area contributed by atoms with Gasteiger partial charge in [0.25, 0.3) is 0 Å². The third-order valence-corrected chi connectivity index (χ3v) is 8.46. The lowest BCUT2D eigenvalue weighted by molar-refractivity contribution is 0.0239. The summed E-state index contributed by atoms with van der Waals surface area (Å²) in [6.45, 7) is 18.0. The van der Waals surface area contributed by atoms with E-state index in [9.17, 15) is 0 Å². The summed E-state index contributed by atoms with van der Waals surface area (Å²) in [6.07, 6.45) is 0. The SMILES string of the molecule is C.C.CO[Si](C)(C)OCCOCCOCCOc1c2cc(C)c(C)cc2c(C)c2cc(C)c(C)cc12. The normalized spacial score (nSPS) is 11.4. The van der Waals surface area contributed by atoms with E-state index >= 15 is 0 Å². The van der Waals surface area contributed by atoms with Gasteiger partial charge >= 0.3 is 8.56 Å². The van der Waals surface area contributed by atoms with E-state index in [1.807, 2.05) is 13.1 Å². The molecule has 202 valence electrons. The van der Waals surface area contributed by atoms with Crippen LogP contribution in [0.1, 0.15) is 42.7 Å². The average molecular weight is 517 g/mol. The Bertz CT molecular complexity index is 1070. The molecule has 0 N–H and O–H groups in total. The molecule has 0 aromatic heterocycles. The number of ether oxygens (including phenoxy) is 3. The Kier molecular flexibility index (Phi) is 12.6. The van der Waals surface area contributed by atoms with Gasteiger partial charge < -0.3 is 23.1 Å². The van der Waals surface area contributed by atoms with Gasteiger partial charge in [0.15, 0.2) is 0 Å².